The highest BCUT2D eigenvalue weighted by Crippen LogP contribution is 2.38. The summed E-state index contributed by atoms with van der Waals surface area (Å²) >= 11 is 1.78. The quantitative estimate of drug-likeness (QED) is 0.940. The summed E-state index contributed by atoms with van der Waals surface area (Å²) in [6.07, 6.45) is 3.68. The van der Waals surface area contributed by atoms with Crippen LogP contribution in [0.5, 0.6) is 0 Å². The van der Waals surface area contributed by atoms with Crippen LogP contribution in [0.4, 0.5) is 0 Å². The van der Waals surface area contributed by atoms with Gasteiger partial charge in [-0.25, -0.2) is 0 Å². The molecule has 1 aromatic carbocycles. The largest absolute Gasteiger partial charge is 0.330 e. The minimum Gasteiger partial charge on any atom is -0.330 e. The van der Waals surface area contributed by atoms with Gasteiger partial charge >= 0.3 is 0 Å². The van der Waals surface area contributed by atoms with E-state index in [1.165, 1.54) is 19.3 Å². The smallest absolute Gasteiger partial charge is 0.214 e. The third kappa shape index (κ3) is 3.27. The van der Waals surface area contributed by atoms with Crippen molar-refractivity contribution in [2.45, 2.75) is 36.6 Å². The molecule has 2 aromatic rings. The molecule has 2 N–H and O–H groups in total. The maximum Gasteiger partial charge on any atom is 0.214 e. The zero-order valence-corrected chi connectivity index (χ0v) is 13.0. The molecule has 0 spiro atoms. The van der Waals surface area contributed by atoms with Crippen LogP contribution in [0.1, 0.15) is 26.2 Å². The predicted molar refractivity (Wildman–Crippen MR) is 84.4 cm³/mol. The van der Waals surface area contributed by atoms with Gasteiger partial charge in [-0.15, -0.1) is 5.10 Å². The molecular formula is C15H21N5S. The Hall–Kier alpha value is -1.40. The normalized spacial score (nSPS) is 25.9. The molecule has 3 unspecified atom stereocenters. The fraction of sp³-hybridized carbons (Fsp3) is 0.533. The standard InChI is InChI=1S/C15H21N5S/c1-11-7-8-12(10-16)14(9-11)21-15-17-18-19-20(15)13-5-3-2-4-6-13/h2-6,11-12,14H,7-10,16H2,1H3. The highest BCUT2D eigenvalue weighted by molar-refractivity contribution is 7.99. The van der Waals surface area contributed by atoms with Crippen LogP contribution < -0.4 is 5.73 Å². The first-order chi connectivity index (χ1) is 10.3. The van der Waals surface area contributed by atoms with Crippen molar-refractivity contribution >= 4 is 11.8 Å². The Kier molecular flexibility index (Phi) is 4.55. The highest BCUT2D eigenvalue weighted by atomic mass is 32.2. The molecule has 3 atom stereocenters. The SMILES string of the molecule is CC1CCC(CN)C(Sc2nnnn2-c2ccccc2)C1. The van der Waals surface area contributed by atoms with Crippen LogP contribution in [0.3, 0.4) is 0 Å². The van der Waals surface area contributed by atoms with E-state index in [-0.39, 0.29) is 0 Å². The number of hydrogen-bond donors (Lipinski definition) is 1. The van der Waals surface area contributed by atoms with Crippen LogP contribution in [0.25, 0.3) is 5.69 Å². The van der Waals surface area contributed by atoms with Crippen molar-refractivity contribution in [2.24, 2.45) is 17.6 Å². The van der Waals surface area contributed by atoms with E-state index in [0.717, 1.165) is 23.3 Å². The van der Waals surface area contributed by atoms with E-state index in [0.29, 0.717) is 11.2 Å². The van der Waals surface area contributed by atoms with Crippen molar-refractivity contribution in [1.82, 2.24) is 20.2 Å². The lowest BCUT2D eigenvalue weighted by atomic mass is 9.82. The van der Waals surface area contributed by atoms with Crippen LogP contribution in [0.15, 0.2) is 35.5 Å². The average Bonchev–Trinajstić information content (AvgIpc) is 2.96. The number of thioether (sulfide) groups is 1. The Morgan fingerprint density at radius 2 is 2.10 bits per heavy atom. The second kappa shape index (κ2) is 6.58. The van der Waals surface area contributed by atoms with Gasteiger partial charge in [0.15, 0.2) is 0 Å². The molecule has 1 saturated carbocycles. The van der Waals surface area contributed by atoms with Crippen molar-refractivity contribution in [3.63, 3.8) is 0 Å². The van der Waals surface area contributed by atoms with Crippen molar-refractivity contribution in [1.29, 1.82) is 0 Å². The summed E-state index contributed by atoms with van der Waals surface area (Å²) in [6, 6.07) is 10.0. The lowest BCUT2D eigenvalue weighted by Crippen LogP contribution is -2.32. The predicted octanol–water partition coefficient (Wildman–Crippen LogP) is 2.52. The molecule has 0 saturated heterocycles. The molecule has 0 radical (unpaired) electrons. The second-order valence-corrected chi connectivity index (χ2v) is 6.99. The van der Waals surface area contributed by atoms with Crippen LogP contribution in [-0.4, -0.2) is 32.0 Å². The van der Waals surface area contributed by atoms with Gasteiger partial charge < -0.3 is 5.73 Å². The van der Waals surface area contributed by atoms with Gasteiger partial charge in [-0.3, -0.25) is 0 Å². The molecular weight excluding hydrogens is 282 g/mol. The van der Waals surface area contributed by atoms with E-state index in [9.17, 15) is 0 Å². The molecule has 1 aromatic heterocycles. The molecule has 1 aliphatic carbocycles. The number of nitrogens with two attached hydrogens (primary N) is 1. The van der Waals surface area contributed by atoms with Gasteiger partial charge in [-0.2, -0.15) is 4.68 Å². The van der Waals surface area contributed by atoms with Crippen LogP contribution >= 0.6 is 11.8 Å². The van der Waals surface area contributed by atoms with Crippen LogP contribution in [0, 0.1) is 11.8 Å². The molecule has 0 bridgehead atoms. The number of para-hydroxylation sites is 1. The van der Waals surface area contributed by atoms with Crippen LogP contribution in [-0.2, 0) is 0 Å². The Morgan fingerprint density at radius 3 is 2.86 bits per heavy atom. The van der Waals surface area contributed by atoms with Gasteiger partial charge in [0, 0.05) is 5.25 Å². The molecule has 1 aliphatic rings. The van der Waals surface area contributed by atoms with Crippen molar-refractivity contribution in [3.05, 3.63) is 30.3 Å². The van der Waals surface area contributed by atoms with Gasteiger partial charge in [0.2, 0.25) is 5.16 Å². The fourth-order valence-corrected chi connectivity index (χ4v) is 4.38. The molecule has 0 aliphatic heterocycles. The zero-order valence-electron chi connectivity index (χ0n) is 12.2. The van der Waals surface area contributed by atoms with Crippen molar-refractivity contribution in [3.8, 4) is 5.69 Å². The van der Waals surface area contributed by atoms with Gasteiger partial charge in [0.1, 0.15) is 0 Å². The Bertz CT molecular complexity index is 570. The fourth-order valence-electron chi connectivity index (χ4n) is 2.92. The number of nitrogens with zero attached hydrogens (tertiary/aromatic N) is 4. The third-order valence-corrected chi connectivity index (χ3v) is 5.54. The molecule has 5 nitrogen and oxygen atoms in total. The first-order valence-corrected chi connectivity index (χ1v) is 8.36. The zero-order chi connectivity index (χ0) is 14.7. The summed E-state index contributed by atoms with van der Waals surface area (Å²) in [5.74, 6) is 1.32. The van der Waals surface area contributed by atoms with Gasteiger partial charge in [-0.05, 0) is 53.8 Å². The maximum absolute atomic E-state index is 5.95. The summed E-state index contributed by atoms with van der Waals surface area (Å²) < 4.78 is 1.82. The van der Waals surface area contributed by atoms with Crippen molar-refractivity contribution in [2.75, 3.05) is 6.54 Å². The number of tetrazole rings is 1. The van der Waals surface area contributed by atoms with Crippen molar-refractivity contribution < 1.29 is 0 Å². The molecule has 1 fully saturated rings. The minimum absolute atomic E-state index is 0.507. The van der Waals surface area contributed by atoms with Gasteiger partial charge in [0.05, 0.1) is 5.69 Å². The van der Waals surface area contributed by atoms with Gasteiger partial charge in [-0.1, -0.05) is 43.3 Å². The summed E-state index contributed by atoms with van der Waals surface area (Å²) in [4.78, 5) is 0. The second-order valence-electron chi connectivity index (χ2n) is 5.78. The van der Waals surface area contributed by atoms with E-state index < -0.39 is 0 Å². The van der Waals surface area contributed by atoms with Gasteiger partial charge in [0.25, 0.3) is 0 Å². The first kappa shape index (κ1) is 14.5. The molecule has 6 heteroatoms. The van der Waals surface area contributed by atoms with E-state index in [2.05, 4.69) is 22.4 Å². The topological polar surface area (TPSA) is 69.6 Å². The number of benzene rings is 1. The summed E-state index contributed by atoms with van der Waals surface area (Å²) in [5.41, 5.74) is 6.94. The molecule has 3 rings (SSSR count). The molecule has 21 heavy (non-hydrogen) atoms. The lowest BCUT2D eigenvalue weighted by molar-refractivity contribution is 0.306. The van der Waals surface area contributed by atoms with E-state index in [1.54, 1.807) is 11.8 Å². The highest BCUT2D eigenvalue weighted by Gasteiger charge is 2.30. The molecule has 112 valence electrons. The van der Waals surface area contributed by atoms with E-state index in [4.69, 9.17) is 5.73 Å². The Balaban J connectivity index is 1.80. The Labute approximate surface area is 129 Å². The maximum atomic E-state index is 5.95. The number of hydrogen-bond acceptors (Lipinski definition) is 5. The number of rotatable bonds is 4. The Morgan fingerprint density at radius 1 is 1.29 bits per heavy atom. The lowest BCUT2D eigenvalue weighted by Gasteiger charge is -2.33. The summed E-state index contributed by atoms with van der Waals surface area (Å²) in [7, 11) is 0. The summed E-state index contributed by atoms with van der Waals surface area (Å²) in [6.45, 7) is 3.07. The monoisotopic (exact) mass is 303 g/mol. The van der Waals surface area contributed by atoms with E-state index >= 15 is 0 Å². The number of aromatic nitrogens is 4. The minimum atomic E-state index is 0.507. The molecule has 1 heterocycles. The molecule has 0 amide bonds. The van der Waals surface area contributed by atoms with Crippen LogP contribution in [0.2, 0.25) is 0 Å². The first-order valence-electron chi connectivity index (χ1n) is 7.48. The van der Waals surface area contributed by atoms with E-state index in [1.807, 2.05) is 35.0 Å². The summed E-state index contributed by atoms with van der Waals surface area (Å²) in [5, 5.41) is 13.5. The third-order valence-electron chi connectivity index (χ3n) is 4.19. The average molecular weight is 303 g/mol.